The summed E-state index contributed by atoms with van der Waals surface area (Å²) in [4.78, 5) is 33.1. The van der Waals surface area contributed by atoms with Gasteiger partial charge in [0.2, 0.25) is 5.89 Å². The normalized spacial score (nSPS) is 17.6. The summed E-state index contributed by atoms with van der Waals surface area (Å²) in [6.45, 7) is 1.61. The van der Waals surface area contributed by atoms with E-state index in [0.717, 1.165) is 18.9 Å². The molecule has 0 aliphatic heterocycles. The molecule has 4 rings (SSSR count). The van der Waals surface area contributed by atoms with E-state index in [1.165, 1.54) is 19.2 Å². The number of hydrogen-bond acceptors (Lipinski definition) is 7. The molecule has 11 heteroatoms. The Bertz CT molecular complexity index is 1250. The zero-order valence-electron chi connectivity index (χ0n) is 18.5. The van der Waals surface area contributed by atoms with Crippen molar-refractivity contribution in [3.63, 3.8) is 0 Å². The number of rotatable bonds is 5. The summed E-state index contributed by atoms with van der Waals surface area (Å²) in [5.41, 5.74) is 5.12. The van der Waals surface area contributed by atoms with Gasteiger partial charge in [0.25, 0.3) is 5.91 Å². The van der Waals surface area contributed by atoms with Crippen molar-refractivity contribution in [1.29, 1.82) is 0 Å². The number of ether oxygens (including phenoxy) is 1. The quantitative estimate of drug-likeness (QED) is 0.567. The van der Waals surface area contributed by atoms with Crippen molar-refractivity contribution in [2.24, 2.45) is 5.73 Å². The Kier molecular flexibility index (Phi) is 6.30. The fraction of sp³-hybridized carbons (Fsp3) is 0.391. The van der Waals surface area contributed by atoms with Crippen LogP contribution >= 0.6 is 0 Å². The van der Waals surface area contributed by atoms with Crippen LogP contribution in [-0.4, -0.2) is 34.8 Å². The van der Waals surface area contributed by atoms with E-state index >= 15 is 0 Å². The van der Waals surface area contributed by atoms with Crippen LogP contribution < -0.4 is 15.8 Å². The Labute approximate surface area is 192 Å². The minimum absolute atomic E-state index is 0.0124. The number of amides is 1. The molecular weight excluding hydrogens is 453 g/mol. The minimum atomic E-state index is -4.64. The lowest BCUT2D eigenvalue weighted by Gasteiger charge is -2.21. The molecule has 1 fully saturated rings. The van der Waals surface area contributed by atoms with Crippen molar-refractivity contribution in [1.82, 2.24) is 15.3 Å². The fourth-order valence-corrected chi connectivity index (χ4v) is 3.98. The Morgan fingerprint density at radius 1 is 1.24 bits per heavy atom. The minimum Gasteiger partial charge on any atom is -0.494 e. The Hall–Kier alpha value is -3.47. The second-order valence-corrected chi connectivity index (χ2v) is 8.16. The summed E-state index contributed by atoms with van der Waals surface area (Å²) in [6.07, 6.45) is -2.08. The summed E-state index contributed by atoms with van der Waals surface area (Å²) in [6, 6.07) is 3.79. The fourth-order valence-electron chi connectivity index (χ4n) is 3.98. The number of carbonyl (C=O) groups is 2. The van der Waals surface area contributed by atoms with Crippen LogP contribution in [0.5, 0.6) is 5.75 Å². The number of methoxy groups -OCH3 is 1. The van der Waals surface area contributed by atoms with Crippen LogP contribution in [0.15, 0.2) is 28.7 Å². The van der Waals surface area contributed by atoms with Crippen molar-refractivity contribution < 1.29 is 31.9 Å². The summed E-state index contributed by atoms with van der Waals surface area (Å²) < 4.78 is 50.6. The van der Waals surface area contributed by atoms with E-state index in [-0.39, 0.29) is 34.4 Å². The van der Waals surface area contributed by atoms with Crippen LogP contribution in [0.4, 0.5) is 13.2 Å². The first-order valence-electron chi connectivity index (χ1n) is 10.8. The highest BCUT2D eigenvalue weighted by atomic mass is 19.4. The number of nitrogens with two attached hydrogens (primary N) is 1. The number of nitrogens with zero attached hydrogens (tertiary/aromatic N) is 2. The maximum Gasteiger partial charge on any atom is 0.433 e. The Morgan fingerprint density at radius 3 is 2.65 bits per heavy atom. The molecule has 1 aliphatic carbocycles. The van der Waals surface area contributed by atoms with Gasteiger partial charge >= 0.3 is 6.18 Å². The average Bonchev–Trinajstić information content (AvgIpc) is 3.24. The summed E-state index contributed by atoms with van der Waals surface area (Å²) in [5, 5.41) is 2.99. The highest BCUT2D eigenvalue weighted by molar-refractivity contribution is 5.99. The van der Waals surface area contributed by atoms with E-state index in [0.29, 0.717) is 23.8 Å². The first-order chi connectivity index (χ1) is 16.1. The molecule has 8 nitrogen and oxygen atoms in total. The zero-order chi connectivity index (χ0) is 24.6. The van der Waals surface area contributed by atoms with Crippen LogP contribution in [0.3, 0.4) is 0 Å². The molecule has 1 aliphatic rings. The van der Waals surface area contributed by atoms with Crippen molar-refractivity contribution >= 4 is 22.6 Å². The van der Waals surface area contributed by atoms with Crippen LogP contribution in [-0.2, 0) is 11.0 Å². The van der Waals surface area contributed by atoms with E-state index in [9.17, 15) is 22.8 Å². The first kappa shape index (κ1) is 23.7. The third-order valence-electron chi connectivity index (χ3n) is 5.70. The van der Waals surface area contributed by atoms with E-state index in [1.807, 2.05) is 0 Å². The predicted molar refractivity (Wildman–Crippen MR) is 116 cm³/mol. The largest absolute Gasteiger partial charge is 0.494 e. The van der Waals surface area contributed by atoms with E-state index in [4.69, 9.17) is 14.9 Å². The molecule has 180 valence electrons. The van der Waals surface area contributed by atoms with E-state index in [2.05, 4.69) is 15.3 Å². The molecule has 1 amide bonds. The van der Waals surface area contributed by atoms with Crippen LogP contribution in [0.2, 0.25) is 0 Å². The second kappa shape index (κ2) is 9.05. The van der Waals surface area contributed by atoms with Crippen molar-refractivity contribution in [2.75, 3.05) is 7.11 Å². The molecule has 0 saturated heterocycles. The van der Waals surface area contributed by atoms with Gasteiger partial charge in [-0.2, -0.15) is 13.2 Å². The number of benzene rings is 1. The molecule has 1 saturated carbocycles. The van der Waals surface area contributed by atoms with Gasteiger partial charge in [-0.05, 0) is 44.0 Å². The molecule has 3 N–H and O–H groups in total. The van der Waals surface area contributed by atoms with E-state index in [1.54, 1.807) is 13.0 Å². The maximum absolute atomic E-state index is 13.2. The molecule has 1 unspecified atom stereocenters. The number of pyridine rings is 1. The van der Waals surface area contributed by atoms with Gasteiger partial charge in [0, 0.05) is 17.4 Å². The van der Waals surface area contributed by atoms with Crippen LogP contribution in [0.1, 0.15) is 60.6 Å². The van der Waals surface area contributed by atoms with Gasteiger partial charge in [-0.3, -0.25) is 9.59 Å². The molecule has 0 radical (unpaired) electrons. The molecule has 2 heterocycles. The number of carbonyl (C=O) groups excluding carboxylic acids is 2. The smallest absolute Gasteiger partial charge is 0.433 e. The number of oxazole rings is 1. The van der Waals surface area contributed by atoms with Gasteiger partial charge in [0.05, 0.1) is 19.2 Å². The zero-order valence-corrected chi connectivity index (χ0v) is 18.5. The molecule has 0 bridgehead atoms. The van der Waals surface area contributed by atoms with Crippen molar-refractivity contribution in [3.05, 3.63) is 41.4 Å². The molecule has 0 spiro atoms. The molecule has 3 aromatic rings. The van der Waals surface area contributed by atoms with Crippen molar-refractivity contribution in [2.45, 2.75) is 50.9 Å². The van der Waals surface area contributed by atoms with Gasteiger partial charge in [0.15, 0.2) is 17.2 Å². The topological polar surface area (TPSA) is 120 Å². The number of aromatic nitrogens is 2. The average molecular weight is 476 g/mol. The number of alkyl halides is 3. The molecule has 1 aromatic carbocycles. The number of hydrogen-bond donors (Lipinski definition) is 2. The molecular formula is C23H23F3N4O4. The number of nitrogens with one attached hydrogen (secondary N) is 1. The number of fused-ring (bicyclic) bond motifs is 1. The highest BCUT2D eigenvalue weighted by Gasteiger charge is 2.33. The Balaban J connectivity index is 1.78. The van der Waals surface area contributed by atoms with Crippen LogP contribution in [0, 0.1) is 0 Å². The summed E-state index contributed by atoms with van der Waals surface area (Å²) in [5.74, 6) is -0.421. The van der Waals surface area contributed by atoms with E-state index < -0.39 is 29.9 Å². The third-order valence-corrected chi connectivity index (χ3v) is 5.70. The van der Waals surface area contributed by atoms with Gasteiger partial charge < -0.3 is 20.2 Å². The summed E-state index contributed by atoms with van der Waals surface area (Å²) >= 11 is 0. The third kappa shape index (κ3) is 4.47. The van der Waals surface area contributed by atoms with Crippen LogP contribution in [0.25, 0.3) is 22.4 Å². The monoisotopic (exact) mass is 476 g/mol. The predicted octanol–water partition coefficient (Wildman–Crippen LogP) is 4.18. The highest BCUT2D eigenvalue weighted by Crippen LogP contribution is 2.37. The number of Topliss-reactive ketones (excluding diaryl/α,β-unsaturated/α-hetero) is 1. The number of ketones is 1. The lowest BCUT2D eigenvalue weighted by Crippen LogP contribution is -2.43. The Morgan fingerprint density at radius 2 is 2.00 bits per heavy atom. The second-order valence-electron chi connectivity index (χ2n) is 8.16. The first-order valence-corrected chi connectivity index (χ1v) is 10.8. The molecule has 34 heavy (non-hydrogen) atoms. The SMILES string of the molecule is COc1ccc(-c2nc(C(=O)NC3CCCCC3=O)c([C@H](C)N)o2)c2ccc(C(F)(F)F)nc12. The standard InChI is InChI=1S/C23H23F3N4O4/c1-11(27)20-19(21(32)28-14-5-3-4-6-15(14)31)30-22(34-20)13-7-9-16(33-2)18-12(13)8-10-17(29-18)23(24,25)26/h7-11,14H,3-6,27H2,1-2H3,(H,28,32)/t11-,14?/m0/s1. The molecule has 2 aromatic heterocycles. The maximum atomic E-state index is 13.2. The number of halogens is 3. The molecule has 2 atom stereocenters. The van der Waals surface area contributed by atoms with Gasteiger partial charge in [-0.15, -0.1) is 0 Å². The van der Waals surface area contributed by atoms with Gasteiger partial charge in [0.1, 0.15) is 17.0 Å². The van der Waals surface area contributed by atoms with Crippen molar-refractivity contribution in [3.8, 4) is 17.2 Å². The lowest BCUT2D eigenvalue weighted by atomic mass is 9.94. The summed E-state index contributed by atoms with van der Waals surface area (Å²) in [7, 11) is 1.32. The van der Waals surface area contributed by atoms with Gasteiger partial charge in [-0.25, -0.2) is 9.97 Å². The lowest BCUT2D eigenvalue weighted by molar-refractivity contribution is -0.141. The van der Waals surface area contributed by atoms with Gasteiger partial charge in [-0.1, -0.05) is 6.42 Å².